The third-order valence-electron chi connectivity index (χ3n) is 5.81. The zero-order chi connectivity index (χ0) is 20.0. The maximum absolute atomic E-state index is 6.51. The van der Waals surface area contributed by atoms with Crippen LogP contribution < -0.4 is 4.90 Å². The zero-order valence-corrected chi connectivity index (χ0v) is 18.7. The number of hydrogen-bond acceptors (Lipinski definition) is 2. The maximum Gasteiger partial charge on any atom is 0.147 e. The van der Waals surface area contributed by atoms with E-state index in [0.29, 0.717) is 15.1 Å². The number of halogens is 3. The van der Waals surface area contributed by atoms with Crippen LogP contribution in [-0.4, -0.2) is 22.6 Å². The van der Waals surface area contributed by atoms with E-state index < -0.39 is 0 Å². The maximum atomic E-state index is 6.51. The van der Waals surface area contributed by atoms with E-state index in [1.807, 2.05) is 11.5 Å². The van der Waals surface area contributed by atoms with E-state index in [2.05, 4.69) is 31.0 Å². The second-order valence-electron chi connectivity index (χ2n) is 7.72. The highest BCUT2D eigenvalue weighted by atomic mass is 35.5. The van der Waals surface area contributed by atoms with Gasteiger partial charge in [-0.1, -0.05) is 48.1 Å². The fourth-order valence-electron chi connectivity index (χ4n) is 4.28. The van der Waals surface area contributed by atoms with Gasteiger partial charge in [0, 0.05) is 41.1 Å². The average Bonchev–Trinajstić information content (AvgIpc) is 2.96. The molecule has 0 saturated carbocycles. The van der Waals surface area contributed by atoms with Crippen LogP contribution in [0.15, 0.2) is 24.4 Å². The Kier molecular flexibility index (Phi) is 5.52. The van der Waals surface area contributed by atoms with Gasteiger partial charge in [0.25, 0.3) is 0 Å². The Labute approximate surface area is 181 Å². The van der Waals surface area contributed by atoms with Gasteiger partial charge in [0.1, 0.15) is 5.65 Å². The summed E-state index contributed by atoms with van der Waals surface area (Å²) in [4.78, 5) is 7.36. The van der Waals surface area contributed by atoms with Crippen molar-refractivity contribution >= 4 is 51.5 Å². The van der Waals surface area contributed by atoms with Crippen molar-refractivity contribution in [1.82, 2.24) is 9.55 Å². The van der Waals surface area contributed by atoms with Gasteiger partial charge in [-0.25, -0.2) is 4.98 Å². The molecule has 148 valence electrons. The molecule has 1 aromatic carbocycles. The van der Waals surface area contributed by atoms with Crippen molar-refractivity contribution in [3.63, 3.8) is 0 Å². The molecule has 0 spiro atoms. The average molecular weight is 437 g/mol. The molecule has 0 atom stereocenters. The summed E-state index contributed by atoms with van der Waals surface area (Å²) in [6, 6.07) is 5.65. The second-order valence-corrected chi connectivity index (χ2v) is 8.97. The molecule has 1 saturated heterocycles. The lowest BCUT2D eigenvalue weighted by atomic mass is 9.94. The lowest BCUT2D eigenvalue weighted by Gasteiger charge is -2.34. The first kappa shape index (κ1) is 19.9. The third kappa shape index (κ3) is 3.49. The molecule has 1 fully saturated rings. The molecule has 1 aliphatic heterocycles. The predicted octanol–water partition coefficient (Wildman–Crippen LogP) is 7.23. The molecule has 0 radical (unpaired) electrons. The molecule has 4 rings (SSSR count). The first-order valence-electron chi connectivity index (χ1n) is 9.78. The number of aromatic nitrogens is 2. The molecular weight excluding hydrogens is 413 g/mol. The number of anilines is 1. The van der Waals surface area contributed by atoms with E-state index in [4.69, 9.17) is 39.8 Å². The second kappa shape index (κ2) is 7.78. The van der Waals surface area contributed by atoms with Crippen molar-refractivity contribution in [2.24, 2.45) is 5.92 Å². The highest BCUT2D eigenvalue weighted by molar-refractivity contribution is 6.40. The van der Waals surface area contributed by atoms with Crippen LogP contribution in [0.4, 0.5) is 5.69 Å². The number of nitrogens with zero attached hydrogens (tertiary/aromatic N) is 3. The highest BCUT2D eigenvalue weighted by Crippen LogP contribution is 2.39. The Bertz CT molecular complexity index is 1010. The van der Waals surface area contributed by atoms with E-state index in [1.165, 1.54) is 30.3 Å². The molecule has 0 amide bonds. The van der Waals surface area contributed by atoms with E-state index >= 15 is 0 Å². The van der Waals surface area contributed by atoms with Gasteiger partial charge >= 0.3 is 0 Å². The number of aryl methyl sites for hydroxylation is 2. The summed E-state index contributed by atoms with van der Waals surface area (Å²) >= 11 is 19.1. The van der Waals surface area contributed by atoms with Gasteiger partial charge in [0.2, 0.25) is 0 Å². The van der Waals surface area contributed by atoms with Crippen molar-refractivity contribution in [2.45, 2.75) is 40.0 Å². The normalized spacial score (nSPS) is 15.6. The molecule has 0 unspecified atom stereocenters. The molecule has 3 aromatic rings. The largest absolute Gasteiger partial charge is 0.371 e. The number of pyridine rings is 1. The van der Waals surface area contributed by atoms with Crippen LogP contribution in [0.1, 0.15) is 37.4 Å². The van der Waals surface area contributed by atoms with Crippen LogP contribution >= 0.6 is 34.8 Å². The van der Waals surface area contributed by atoms with Crippen LogP contribution in [-0.2, 0) is 0 Å². The minimum Gasteiger partial charge on any atom is -0.371 e. The summed E-state index contributed by atoms with van der Waals surface area (Å²) in [5.41, 5.74) is 5.02. The molecule has 1 aliphatic rings. The van der Waals surface area contributed by atoms with Gasteiger partial charge in [-0.3, -0.25) is 4.57 Å². The molecule has 6 heteroatoms. The molecular formula is C22H24Cl3N3. The number of rotatable bonds is 3. The molecule has 0 aliphatic carbocycles. The third-order valence-corrected chi connectivity index (χ3v) is 6.60. The van der Waals surface area contributed by atoms with E-state index in [-0.39, 0.29) is 0 Å². The van der Waals surface area contributed by atoms with Gasteiger partial charge in [0.15, 0.2) is 0 Å². The smallest absolute Gasteiger partial charge is 0.147 e. The standard InChI is InChI=1S/C22H24Cl3N3/c1-4-15-5-7-27(8-6-15)19-9-14(3)26-22-20(19)13(2)12-28(22)21-17(24)10-16(23)11-18(21)25/h9-12,15H,4-8H2,1-3H3. The van der Waals surface area contributed by atoms with Crippen LogP contribution in [0.2, 0.25) is 15.1 Å². The van der Waals surface area contributed by atoms with Crippen molar-refractivity contribution in [1.29, 1.82) is 0 Å². The Morgan fingerprint density at radius 2 is 1.68 bits per heavy atom. The summed E-state index contributed by atoms with van der Waals surface area (Å²) in [6.07, 6.45) is 5.82. The van der Waals surface area contributed by atoms with Gasteiger partial charge < -0.3 is 4.90 Å². The number of benzene rings is 1. The lowest BCUT2D eigenvalue weighted by Crippen LogP contribution is -2.33. The van der Waals surface area contributed by atoms with Crippen molar-refractivity contribution in [3.8, 4) is 5.69 Å². The number of piperidine rings is 1. The summed E-state index contributed by atoms with van der Waals surface area (Å²) in [6.45, 7) is 8.63. The van der Waals surface area contributed by atoms with Gasteiger partial charge in [-0.2, -0.15) is 0 Å². The zero-order valence-electron chi connectivity index (χ0n) is 16.4. The Morgan fingerprint density at radius 1 is 1.04 bits per heavy atom. The van der Waals surface area contributed by atoms with Crippen molar-refractivity contribution < 1.29 is 0 Å². The van der Waals surface area contributed by atoms with Crippen LogP contribution in [0.25, 0.3) is 16.7 Å². The van der Waals surface area contributed by atoms with Crippen molar-refractivity contribution in [2.75, 3.05) is 18.0 Å². The first-order chi connectivity index (χ1) is 13.4. The Morgan fingerprint density at radius 3 is 2.29 bits per heavy atom. The van der Waals surface area contributed by atoms with Crippen LogP contribution in [0.5, 0.6) is 0 Å². The summed E-state index contributed by atoms with van der Waals surface area (Å²) in [5.74, 6) is 0.840. The van der Waals surface area contributed by atoms with Crippen LogP contribution in [0, 0.1) is 19.8 Å². The Hall–Kier alpha value is -1.42. The molecule has 2 aromatic heterocycles. The minimum atomic E-state index is 0.517. The number of hydrogen-bond donors (Lipinski definition) is 0. The van der Waals surface area contributed by atoms with Gasteiger partial charge in [0.05, 0.1) is 15.7 Å². The Balaban J connectivity index is 1.88. The van der Waals surface area contributed by atoms with E-state index in [1.54, 1.807) is 12.1 Å². The summed E-state index contributed by atoms with van der Waals surface area (Å²) in [7, 11) is 0. The molecule has 0 bridgehead atoms. The van der Waals surface area contributed by atoms with Gasteiger partial charge in [-0.15, -0.1) is 0 Å². The molecule has 3 nitrogen and oxygen atoms in total. The number of fused-ring (bicyclic) bond motifs is 1. The van der Waals surface area contributed by atoms with E-state index in [9.17, 15) is 0 Å². The first-order valence-corrected chi connectivity index (χ1v) is 10.9. The topological polar surface area (TPSA) is 21.1 Å². The summed E-state index contributed by atoms with van der Waals surface area (Å²) in [5, 5.41) is 2.73. The molecule has 0 N–H and O–H groups in total. The fraction of sp³-hybridized carbons (Fsp3) is 0.409. The quantitative estimate of drug-likeness (QED) is 0.432. The van der Waals surface area contributed by atoms with E-state index in [0.717, 1.165) is 41.6 Å². The SMILES string of the molecule is CCC1CCN(c2cc(C)nc3c2c(C)cn3-c2c(Cl)cc(Cl)cc2Cl)CC1. The lowest BCUT2D eigenvalue weighted by molar-refractivity contribution is 0.395. The molecule has 3 heterocycles. The summed E-state index contributed by atoms with van der Waals surface area (Å²) < 4.78 is 2.00. The fourth-order valence-corrected chi connectivity index (χ4v) is 5.28. The van der Waals surface area contributed by atoms with Crippen LogP contribution in [0.3, 0.4) is 0 Å². The van der Waals surface area contributed by atoms with Crippen molar-refractivity contribution in [3.05, 3.63) is 50.7 Å². The predicted molar refractivity (Wildman–Crippen MR) is 121 cm³/mol. The van der Waals surface area contributed by atoms with Gasteiger partial charge in [-0.05, 0) is 56.4 Å². The highest BCUT2D eigenvalue weighted by Gasteiger charge is 2.23. The molecule has 28 heavy (non-hydrogen) atoms. The minimum absolute atomic E-state index is 0.517. The monoisotopic (exact) mass is 435 g/mol.